The van der Waals surface area contributed by atoms with Crippen molar-refractivity contribution in [2.24, 2.45) is 14.1 Å². The van der Waals surface area contributed by atoms with Crippen LogP contribution in [-0.4, -0.2) is 20.0 Å². The maximum absolute atomic E-state index is 12.9. The van der Waals surface area contributed by atoms with Gasteiger partial charge in [0.25, 0.3) is 11.5 Å². The lowest BCUT2D eigenvalue weighted by atomic mass is 10.1. The van der Waals surface area contributed by atoms with Gasteiger partial charge >= 0.3 is 5.69 Å². The SMILES string of the molecule is CCCc1cnc2c(c1NC(=O)c1ccccc1I)c(=O)n(C)c(=O)n2C. The van der Waals surface area contributed by atoms with Crippen LogP contribution in [0.3, 0.4) is 0 Å². The number of benzene rings is 1. The predicted molar refractivity (Wildman–Crippen MR) is 113 cm³/mol. The van der Waals surface area contributed by atoms with Gasteiger partial charge in [0.2, 0.25) is 0 Å². The lowest BCUT2D eigenvalue weighted by Gasteiger charge is -2.15. The van der Waals surface area contributed by atoms with Crippen LogP contribution >= 0.6 is 22.6 Å². The molecule has 3 aromatic rings. The van der Waals surface area contributed by atoms with Crippen LogP contribution in [0.4, 0.5) is 5.69 Å². The smallest absolute Gasteiger partial charge is 0.321 e. The van der Waals surface area contributed by atoms with E-state index < -0.39 is 11.2 Å². The molecule has 0 saturated heterocycles. The maximum Gasteiger partial charge on any atom is 0.332 e. The molecule has 7 nitrogen and oxygen atoms in total. The van der Waals surface area contributed by atoms with E-state index in [9.17, 15) is 14.4 Å². The first-order valence-corrected chi connectivity index (χ1v) is 9.58. The lowest BCUT2D eigenvalue weighted by Crippen LogP contribution is -2.38. The third-order valence-corrected chi connectivity index (χ3v) is 5.36. The molecule has 1 N–H and O–H groups in total. The molecule has 3 rings (SSSR count). The Morgan fingerprint density at radius 2 is 1.89 bits per heavy atom. The zero-order chi connectivity index (χ0) is 19.7. The molecule has 27 heavy (non-hydrogen) atoms. The van der Waals surface area contributed by atoms with Gasteiger partial charge in [-0.2, -0.15) is 0 Å². The standard InChI is InChI=1S/C19H19IN4O3/c1-4-7-11-10-21-16-14(18(26)24(3)19(27)23(16)2)15(11)22-17(25)12-8-5-6-9-13(12)20/h5-6,8-10H,4,7H2,1-3H3,(H,21,22,25). The number of carbonyl (C=O) groups is 1. The van der Waals surface area contributed by atoms with Gasteiger partial charge in [0.1, 0.15) is 5.39 Å². The minimum atomic E-state index is -0.475. The molecule has 0 unspecified atom stereocenters. The summed E-state index contributed by atoms with van der Waals surface area (Å²) in [5, 5.41) is 3.14. The summed E-state index contributed by atoms with van der Waals surface area (Å²) in [6, 6.07) is 7.22. The Morgan fingerprint density at radius 1 is 1.19 bits per heavy atom. The molecule has 0 aliphatic carbocycles. The van der Waals surface area contributed by atoms with E-state index in [0.29, 0.717) is 17.7 Å². The highest BCUT2D eigenvalue weighted by Gasteiger charge is 2.20. The maximum atomic E-state index is 12.9. The summed E-state index contributed by atoms with van der Waals surface area (Å²) in [6.07, 6.45) is 3.09. The number of fused-ring (bicyclic) bond motifs is 1. The molecular weight excluding hydrogens is 459 g/mol. The highest BCUT2D eigenvalue weighted by Crippen LogP contribution is 2.25. The Balaban J connectivity index is 2.28. The number of pyridine rings is 1. The fourth-order valence-corrected chi connectivity index (χ4v) is 3.63. The molecule has 0 bridgehead atoms. The molecule has 140 valence electrons. The average molecular weight is 478 g/mol. The molecule has 0 saturated carbocycles. The molecule has 0 radical (unpaired) electrons. The lowest BCUT2D eigenvalue weighted by molar-refractivity contribution is 0.102. The second-order valence-corrected chi connectivity index (χ2v) is 7.41. The highest BCUT2D eigenvalue weighted by atomic mass is 127. The number of rotatable bonds is 4. The van der Waals surface area contributed by atoms with Crippen LogP contribution in [0.15, 0.2) is 40.1 Å². The Kier molecular flexibility index (Phi) is 5.45. The van der Waals surface area contributed by atoms with Crippen LogP contribution in [-0.2, 0) is 20.5 Å². The van der Waals surface area contributed by atoms with Gasteiger partial charge in [-0.3, -0.25) is 18.7 Å². The van der Waals surface area contributed by atoms with E-state index in [2.05, 4.69) is 32.9 Å². The quantitative estimate of drug-likeness (QED) is 0.584. The fourth-order valence-electron chi connectivity index (χ4n) is 3.00. The highest BCUT2D eigenvalue weighted by molar-refractivity contribution is 14.1. The van der Waals surface area contributed by atoms with Crippen LogP contribution in [0, 0.1) is 3.57 Å². The first-order valence-electron chi connectivity index (χ1n) is 8.50. The van der Waals surface area contributed by atoms with Crippen LogP contribution in [0.1, 0.15) is 29.3 Å². The largest absolute Gasteiger partial charge is 0.332 e. The average Bonchev–Trinajstić information content (AvgIpc) is 2.66. The first-order chi connectivity index (χ1) is 12.9. The molecule has 1 aromatic carbocycles. The number of halogens is 1. The summed E-state index contributed by atoms with van der Waals surface area (Å²) in [6.45, 7) is 2.01. The van der Waals surface area contributed by atoms with Gasteiger partial charge in [-0.25, -0.2) is 9.78 Å². The van der Waals surface area contributed by atoms with Crippen LogP contribution < -0.4 is 16.6 Å². The molecule has 1 amide bonds. The third kappa shape index (κ3) is 3.41. The van der Waals surface area contributed by atoms with Crippen molar-refractivity contribution >= 4 is 45.2 Å². The van der Waals surface area contributed by atoms with Crippen molar-refractivity contribution < 1.29 is 4.79 Å². The number of hydrogen-bond donors (Lipinski definition) is 1. The summed E-state index contributed by atoms with van der Waals surface area (Å²) in [5.41, 5.74) is 1.02. The van der Waals surface area contributed by atoms with E-state index >= 15 is 0 Å². The molecule has 2 aromatic heterocycles. The molecule has 0 fully saturated rings. The van der Waals surface area contributed by atoms with Gasteiger partial charge in [-0.1, -0.05) is 25.5 Å². The number of amides is 1. The van der Waals surface area contributed by atoms with Crippen LogP contribution in [0.2, 0.25) is 0 Å². The molecule has 2 heterocycles. The molecule has 8 heteroatoms. The number of nitrogens with one attached hydrogen (secondary N) is 1. The number of nitrogens with zero attached hydrogens (tertiary/aromatic N) is 3. The Hall–Kier alpha value is -2.49. The van der Waals surface area contributed by atoms with Gasteiger partial charge in [0, 0.05) is 23.9 Å². The minimum Gasteiger partial charge on any atom is -0.321 e. The number of anilines is 1. The van der Waals surface area contributed by atoms with Crippen molar-refractivity contribution in [3.05, 3.63) is 66.0 Å². The zero-order valence-electron chi connectivity index (χ0n) is 15.2. The summed E-state index contributed by atoms with van der Waals surface area (Å²) >= 11 is 2.10. The molecule has 0 aliphatic heterocycles. The molecule has 0 atom stereocenters. The van der Waals surface area contributed by atoms with Crippen LogP contribution in [0.25, 0.3) is 11.0 Å². The van der Waals surface area contributed by atoms with Crippen molar-refractivity contribution in [2.75, 3.05) is 5.32 Å². The van der Waals surface area contributed by atoms with E-state index in [1.807, 2.05) is 19.1 Å². The summed E-state index contributed by atoms with van der Waals surface area (Å²) in [4.78, 5) is 42.2. The fraction of sp³-hybridized carbons (Fsp3) is 0.263. The van der Waals surface area contributed by atoms with Gasteiger partial charge in [-0.15, -0.1) is 0 Å². The van der Waals surface area contributed by atoms with Gasteiger partial charge in [0.15, 0.2) is 5.65 Å². The number of hydrogen-bond acceptors (Lipinski definition) is 4. The van der Waals surface area contributed by atoms with Crippen molar-refractivity contribution in [3.8, 4) is 0 Å². The second-order valence-electron chi connectivity index (χ2n) is 6.25. The van der Waals surface area contributed by atoms with Crippen molar-refractivity contribution in [2.45, 2.75) is 19.8 Å². The van der Waals surface area contributed by atoms with Crippen molar-refractivity contribution in [1.82, 2.24) is 14.1 Å². The molecular formula is C19H19IN4O3. The van der Waals surface area contributed by atoms with E-state index in [1.54, 1.807) is 25.4 Å². The van der Waals surface area contributed by atoms with Crippen molar-refractivity contribution in [3.63, 3.8) is 0 Å². The predicted octanol–water partition coefficient (Wildman–Crippen LogP) is 2.44. The van der Waals surface area contributed by atoms with Gasteiger partial charge in [0.05, 0.1) is 11.3 Å². The van der Waals surface area contributed by atoms with Gasteiger partial charge in [-0.05, 0) is 46.7 Å². The number of carbonyl (C=O) groups excluding carboxylic acids is 1. The zero-order valence-corrected chi connectivity index (χ0v) is 17.4. The Morgan fingerprint density at radius 3 is 2.56 bits per heavy atom. The minimum absolute atomic E-state index is 0.241. The summed E-state index contributed by atoms with van der Waals surface area (Å²) in [7, 11) is 2.98. The normalized spacial score (nSPS) is 11.0. The Labute approximate surface area is 169 Å². The van der Waals surface area contributed by atoms with Crippen LogP contribution in [0.5, 0.6) is 0 Å². The number of aryl methyl sites for hydroxylation is 2. The molecule has 0 spiro atoms. The molecule has 0 aliphatic rings. The Bertz CT molecular complexity index is 1160. The summed E-state index contributed by atoms with van der Waals surface area (Å²) in [5.74, 6) is -0.305. The van der Waals surface area contributed by atoms with E-state index in [1.165, 1.54) is 11.6 Å². The third-order valence-electron chi connectivity index (χ3n) is 4.42. The summed E-state index contributed by atoms with van der Waals surface area (Å²) < 4.78 is 3.15. The van der Waals surface area contributed by atoms with E-state index in [-0.39, 0.29) is 16.9 Å². The van der Waals surface area contributed by atoms with E-state index in [4.69, 9.17) is 0 Å². The monoisotopic (exact) mass is 478 g/mol. The van der Waals surface area contributed by atoms with Crippen molar-refractivity contribution in [1.29, 1.82) is 0 Å². The van der Waals surface area contributed by atoms with E-state index in [0.717, 1.165) is 20.1 Å². The van der Waals surface area contributed by atoms with Gasteiger partial charge < -0.3 is 5.32 Å². The first kappa shape index (κ1) is 19.3. The topological polar surface area (TPSA) is 86.0 Å². The number of aromatic nitrogens is 3. The second kappa shape index (κ2) is 7.63.